The van der Waals surface area contributed by atoms with Gasteiger partial charge in [-0.15, -0.1) is 0 Å². The molecule has 0 amide bonds. The van der Waals surface area contributed by atoms with Crippen LogP contribution in [0.4, 0.5) is 8.78 Å². The van der Waals surface area contributed by atoms with E-state index >= 15 is 8.78 Å². The summed E-state index contributed by atoms with van der Waals surface area (Å²) >= 11 is 0. The predicted octanol–water partition coefficient (Wildman–Crippen LogP) is 3.00. The van der Waals surface area contributed by atoms with Crippen molar-refractivity contribution >= 4 is 11.6 Å². The number of hydrogen-bond acceptors (Lipinski definition) is 5. The van der Waals surface area contributed by atoms with Crippen molar-refractivity contribution in [3.8, 4) is 16.9 Å². The van der Waals surface area contributed by atoms with E-state index in [9.17, 15) is 4.79 Å². The zero-order valence-electron chi connectivity index (χ0n) is 17.8. The monoisotopic (exact) mass is 453 g/mol. The van der Waals surface area contributed by atoms with Crippen LogP contribution in [0.25, 0.3) is 22.6 Å². The number of nitrogens with zero attached hydrogens (tertiary/aromatic N) is 4. The van der Waals surface area contributed by atoms with Gasteiger partial charge in [0, 0.05) is 44.0 Å². The minimum absolute atomic E-state index is 0.0715. The van der Waals surface area contributed by atoms with Gasteiger partial charge < -0.3 is 19.6 Å². The molecule has 3 aromatic heterocycles. The lowest BCUT2D eigenvalue weighted by atomic mass is 10.0. The van der Waals surface area contributed by atoms with Crippen molar-refractivity contribution in [2.75, 3.05) is 19.7 Å². The highest BCUT2D eigenvalue weighted by atomic mass is 19.1. The third-order valence-electron chi connectivity index (χ3n) is 5.64. The summed E-state index contributed by atoms with van der Waals surface area (Å²) in [6, 6.07) is 7.26. The topological polar surface area (TPSA) is 93.7 Å². The molecule has 8 nitrogen and oxygen atoms in total. The number of imidazole rings is 1. The maximum absolute atomic E-state index is 15.3. The first-order chi connectivity index (χ1) is 15.9. The largest absolute Gasteiger partial charge is 0.476 e. The highest BCUT2D eigenvalue weighted by Crippen LogP contribution is 2.32. The Morgan fingerprint density at radius 1 is 1.24 bits per heavy atom. The van der Waals surface area contributed by atoms with Gasteiger partial charge >= 0.3 is 5.97 Å². The molecule has 0 saturated carbocycles. The molecule has 0 radical (unpaired) electrons. The predicted molar refractivity (Wildman–Crippen MR) is 116 cm³/mol. The van der Waals surface area contributed by atoms with Gasteiger partial charge in [0.15, 0.2) is 5.69 Å². The average molecular weight is 453 g/mol. The van der Waals surface area contributed by atoms with Crippen LogP contribution < -0.4 is 5.32 Å². The summed E-state index contributed by atoms with van der Waals surface area (Å²) < 4.78 is 39.4. The fraction of sp³-hybridized carbons (Fsp3) is 0.261. The number of ether oxygens (including phenoxy) is 1. The lowest BCUT2D eigenvalue weighted by Crippen LogP contribution is -2.39. The number of carboxylic acids is 1. The van der Waals surface area contributed by atoms with Gasteiger partial charge in [0.05, 0.1) is 35.3 Å². The Bertz CT molecular complexity index is 1330. The number of aromatic carboxylic acids is 1. The van der Waals surface area contributed by atoms with Crippen molar-refractivity contribution in [2.45, 2.75) is 19.4 Å². The minimum atomic E-state index is -1.23. The second-order valence-corrected chi connectivity index (χ2v) is 7.98. The molecular formula is C23H21F2N5O3. The zero-order chi connectivity index (χ0) is 23.1. The van der Waals surface area contributed by atoms with E-state index in [0.29, 0.717) is 30.9 Å². The van der Waals surface area contributed by atoms with Crippen LogP contribution in [0.5, 0.6) is 0 Å². The maximum atomic E-state index is 15.3. The van der Waals surface area contributed by atoms with Crippen LogP contribution in [0.3, 0.4) is 0 Å². The number of pyridine rings is 1. The third kappa shape index (κ3) is 3.98. The van der Waals surface area contributed by atoms with Crippen LogP contribution in [0.15, 0.2) is 42.7 Å². The summed E-state index contributed by atoms with van der Waals surface area (Å²) in [4.78, 5) is 15.6. The Morgan fingerprint density at radius 2 is 2.03 bits per heavy atom. The number of halogens is 2. The average Bonchev–Trinajstić information content (AvgIpc) is 3.40. The van der Waals surface area contributed by atoms with Crippen LogP contribution in [0.2, 0.25) is 0 Å². The van der Waals surface area contributed by atoms with Crippen molar-refractivity contribution in [2.24, 2.45) is 0 Å². The van der Waals surface area contributed by atoms with E-state index in [1.807, 2.05) is 29.7 Å². The summed E-state index contributed by atoms with van der Waals surface area (Å²) in [6.07, 6.45) is 3.45. The molecule has 1 saturated heterocycles. The van der Waals surface area contributed by atoms with E-state index in [4.69, 9.17) is 9.84 Å². The molecular weight excluding hydrogens is 432 g/mol. The maximum Gasteiger partial charge on any atom is 0.356 e. The summed E-state index contributed by atoms with van der Waals surface area (Å²) in [5.74, 6) is -2.86. The highest BCUT2D eigenvalue weighted by molar-refractivity contribution is 5.85. The number of morpholine rings is 1. The Kier molecular flexibility index (Phi) is 5.39. The summed E-state index contributed by atoms with van der Waals surface area (Å²) in [5.41, 5.74) is 2.03. The molecule has 4 aromatic rings. The fourth-order valence-electron chi connectivity index (χ4n) is 4.06. The van der Waals surface area contributed by atoms with Gasteiger partial charge in [-0.1, -0.05) is 0 Å². The quantitative estimate of drug-likeness (QED) is 0.483. The van der Waals surface area contributed by atoms with E-state index in [2.05, 4.69) is 15.4 Å². The molecule has 4 heterocycles. The van der Waals surface area contributed by atoms with Gasteiger partial charge in [0.1, 0.15) is 17.3 Å². The minimum Gasteiger partial charge on any atom is -0.476 e. The van der Waals surface area contributed by atoms with Gasteiger partial charge in [-0.2, -0.15) is 5.10 Å². The first-order valence-electron chi connectivity index (χ1n) is 10.5. The van der Waals surface area contributed by atoms with Gasteiger partial charge in [-0.25, -0.2) is 23.2 Å². The number of hydrogen-bond donors (Lipinski definition) is 2. The summed E-state index contributed by atoms with van der Waals surface area (Å²) in [7, 11) is 0. The summed E-state index contributed by atoms with van der Waals surface area (Å²) in [6.45, 7) is 3.88. The van der Waals surface area contributed by atoms with Crippen LogP contribution in [-0.4, -0.2) is 56.0 Å². The second-order valence-electron chi connectivity index (χ2n) is 7.98. The fourth-order valence-corrected chi connectivity index (χ4v) is 4.06. The third-order valence-corrected chi connectivity index (χ3v) is 5.64. The Labute approximate surface area is 187 Å². The lowest BCUT2D eigenvalue weighted by Gasteiger charge is -2.24. The molecule has 5 rings (SSSR count). The molecule has 1 aliphatic heterocycles. The number of aryl methyl sites for hydroxylation is 1. The summed E-state index contributed by atoms with van der Waals surface area (Å²) in [5, 5.41) is 16.2. The van der Waals surface area contributed by atoms with E-state index in [0.717, 1.165) is 28.9 Å². The molecule has 33 heavy (non-hydrogen) atoms. The van der Waals surface area contributed by atoms with Crippen molar-refractivity contribution in [1.29, 1.82) is 0 Å². The molecule has 1 unspecified atom stereocenters. The SMILES string of the molecule is Cc1ccn2c(CC3CNCCO3)c(-c3c(F)cc(-n4ccc(C(=O)O)n4)cc3F)nc2c1. The van der Waals surface area contributed by atoms with Crippen LogP contribution in [0.1, 0.15) is 21.7 Å². The van der Waals surface area contributed by atoms with Crippen molar-refractivity contribution in [3.63, 3.8) is 0 Å². The Hall–Kier alpha value is -3.63. The Morgan fingerprint density at radius 3 is 2.70 bits per heavy atom. The first kappa shape index (κ1) is 21.2. The van der Waals surface area contributed by atoms with Crippen LogP contribution in [0, 0.1) is 18.6 Å². The van der Waals surface area contributed by atoms with Gasteiger partial charge in [0.25, 0.3) is 0 Å². The highest BCUT2D eigenvalue weighted by Gasteiger charge is 2.25. The first-order valence-corrected chi connectivity index (χ1v) is 10.5. The van der Waals surface area contributed by atoms with Crippen molar-refractivity contribution in [1.82, 2.24) is 24.5 Å². The normalized spacial score (nSPS) is 16.4. The molecule has 0 bridgehead atoms. The van der Waals surface area contributed by atoms with Crippen molar-refractivity contribution < 1.29 is 23.4 Å². The van der Waals surface area contributed by atoms with E-state index in [1.54, 1.807) is 0 Å². The molecule has 1 fully saturated rings. The van der Waals surface area contributed by atoms with E-state index < -0.39 is 17.6 Å². The smallest absolute Gasteiger partial charge is 0.356 e. The molecule has 1 aromatic carbocycles. The molecule has 2 N–H and O–H groups in total. The number of carboxylic acid groups (broad SMARTS) is 1. The molecule has 1 atom stereocenters. The number of rotatable bonds is 5. The van der Waals surface area contributed by atoms with Gasteiger partial charge in [-0.3, -0.25) is 0 Å². The molecule has 0 spiro atoms. The van der Waals surface area contributed by atoms with Gasteiger partial charge in [-0.05, 0) is 30.7 Å². The zero-order valence-corrected chi connectivity index (χ0v) is 17.8. The number of carbonyl (C=O) groups is 1. The van der Waals surface area contributed by atoms with E-state index in [-0.39, 0.29) is 28.7 Å². The lowest BCUT2D eigenvalue weighted by molar-refractivity contribution is 0.0286. The van der Waals surface area contributed by atoms with Crippen LogP contribution >= 0.6 is 0 Å². The van der Waals surface area contributed by atoms with Crippen molar-refractivity contribution in [3.05, 3.63) is 71.3 Å². The number of aromatic nitrogens is 4. The van der Waals surface area contributed by atoms with Gasteiger partial charge in [0.2, 0.25) is 0 Å². The molecule has 1 aliphatic rings. The standard InChI is InChI=1S/C23H21F2N5O3/c1-13-2-5-29-19(11-15-12-26-4-7-33-15)22(27-20(29)8-13)21-16(24)9-14(10-17(21)25)30-6-3-18(28-30)23(31)32/h2-3,5-6,8-10,15,26H,4,7,11-12H2,1H3,(H,31,32). The second kappa shape index (κ2) is 8.38. The molecule has 0 aliphatic carbocycles. The van der Waals surface area contributed by atoms with E-state index in [1.165, 1.54) is 12.3 Å². The van der Waals surface area contributed by atoms with Crippen LogP contribution in [-0.2, 0) is 11.2 Å². The number of nitrogens with one attached hydrogen (secondary N) is 1. The number of benzene rings is 1. The molecule has 10 heteroatoms. The Balaban J connectivity index is 1.61. The molecule has 170 valence electrons. The number of fused-ring (bicyclic) bond motifs is 1.